The van der Waals surface area contributed by atoms with Crippen LogP contribution in [0.1, 0.15) is 26.3 Å². The summed E-state index contributed by atoms with van der Waals surface area (Å²) in [5.74, 6) is 0. The smallest absolute Gasteiger partial charge is 0.410 e. The molecule has 3 rings (SSSR count). The molecule has 0 bridgehead atoms. The number of hydrogen-bond acceptors (Lipinski definition) is 5. The second-order valence-corrected chi connectivity index (χ2v) is 8.90. The van der Waals surface area contributed by atoms with Gasteiger partial charge in [0.25, 0.3) is 0 Å². The van der Waals surface area contributed by atoms with E-state index in [1.807, 2.05) is 32.9 Å². The van der Waals surface area contributed by atoms with Crippen molar-refractivity contribution in [2.45, 2.75) is 45.1 Å². The summed E-state index contributed by atoms with van der Waals surface area (Å²) >= 11 is 5.95. The predicted molar refractivity (Wildman–Crippen MR) is 106 cm³/mol. The third-order valence-corrected chi connectivity index (χ3v) is 5.36. The number of amides is 1. The van der Waals surface area contributed by atoms with Crippen molar-refractivity contribution in [3.8, 4) is 0 Å². The molecule has 1 aromatic carbocycles. The Morgan fingerprint density at radius 1 is 1.15 bits per heavy atom. The van der Waals surface area contributed by atoms with Crippen LogP contribution in [0.25, 0.3) is 0 Å². The molecular weight excluding hydrogens is 366 g/mol. The molecule has 2 saturated heterocycles. The zero-order valence-electron chi connectivity index (χ0n) is 16.4. The Hall–Kier alpha value is -1.34. The van der Waals surface area contributed by atoms with Crippen molar-refractivity contribution in [2.24, 2.45) is 0 Å². The zero-order chi connectivity index (χ0) is 19.6. The summed E-state index contributed by atoms with van der Waals surface area (Å²) in [6.45, 7) is 11.0. The monoisotopic (exact) mass is 395 g/mol. The van der Waals surface area contributed by atoms with Crippen LogP contribution in [0.15, 0.2) is 24.3 Å². The Morgan fingerprint density at radius 3 is 2.37 bits per heavy atom. The van der Waals surface area contributed by atoms with Gasteiger partial charge in [-0.15, -0.1) is 0 Å². The van der Waals surface area contributed by atoms with Crippen LogP contribution in [0.3, 0.4) is 0 Å². The molecule has 0 aromatic heterocycles. The first-order chi connectivity index (χ1) is 12.7. The molecular formula is C20H30ClN3O3. The van der Waals surface area contributed by atoms with E-state index in [1.165, 1.54) is 5.56 Å². The molecule has 0 radical (unpaired) electrons. The van der Waals surface area contributed by atoms with E-state index < -0.39 is 11.7 Å². The Labute approximate surface area is 166 Å². The number of aliphatic hydroxyl groups is 1. The number of ether oxygens (including phenoxy) is 1. The number of β-amino-alcohol motifs (C(OH)–C–C–N with tert-alkyl or cyclic N) is 1. The number of likely N-dealkylation sites (tertiary alicyclic amines) is 1. The number of carbonyl (C=O) groups excluding carboxylic acids is 1. The van der Waals surface area contributed by atoms with E-state index in [1.54, 1.807) is 4.90 Å². The molecule has 2 aliphatic heterocycles. The molecule has 2 atom stereocenters. The van der Waals surface area contributed by atoms with E-state index in [-0.39, 0.29) is 12.1 Å². The third kappa shape index (κ3) is 5.57. The summed E-state index contributed by atoms with van der Waals surface area (Å²) in [7, 11) is 0. The fourth-order valence-corrected chi connectivity index (χ4v) is 3.83. The van der Waals surface area contributed by atoms with Crippen molar-refractivity contribution in [1.29, 1.82) is 0 Å². The van der Waals surface area contributed by atoms with Gasteiger partial charge in [-0.1, -0.05) is 23.7 Å². The highest BCUT2D eigenvalue weighted by Crippen LogP contribution is 2.21. The van der Waals surface area contributed by atoms with E-state index in [0.29, 0.717) is 13.1 Å². The quantitative estimate of drug-likeness (QED) is 0.851. The van der Waals surface area contributed by atoms with Gasteiger partial charge in [0.2, 0.25) is 0 Å². The van der Waals surface area contributed by atoms with Crippen LogP contribution >= 0.6 is 11.6 Å². The van der Waals surface area contributed by atoms with Gasteiger partial charge in [0.05, 0.1) is 18.7 Å². The molecule has 7 heteroatoms. The minimum atomic E-state index is -0.527. The number of halogens is 1. The second-order valence-electron chi connectivity index (χ2n) is 8.46. The molecule has 1 amide bonds. The lowest BCUT2D eigenvalue weighted by atomic mass is 10.1. The van der Waals surface area contributed by atoms with Crippen molar-refractivity contribution in [2.75, 3.05) is 39.3 Å². The van der Waals surface area contributed by atoms with Crippen LogP contribution in [0.4, 0.5) is 4.79 Å². The van der Waals surface area contributed by atoms with Gasteiger partial charge in [-0.2, -0.15) is 0 Å². The Morgan fingerprint density at radius 2 is 1.78 bits per heavy atom. The molecule has 2 fully saturated rings. The van der Waals surface area contributed by atoms with Gasteiger partial charge < -0.3 is 14.7 Å². The topological polar surface area (TPSA) is 56.2 Å². The van der Waals surface area contributed by atoms with Crippen LogP contribution in [0.2, 0.25) is 5.02 Å². The molecule has 27 heavy (non-hydrogen) atoms. The summed E-state index contributed by atoms with van der Waals surface area (Å²) in [5, 5.41) is 11.2. The summed E-state index contributed by atoms with van der Waals surface area (Å²) in [5.41, 5.74) is 0.734. The van der Waals surface area contributed by atoms with E-state index in [9.17, 15) is 9.90 Å². The predicted octanol–water partition coefficient (Wildman–Crippen LogP) is 2.44. The van der Waals surface area contributed by atoms with Crippen molar-refractivity contribution < 1.29 is 14.6 Å². The Balaban J connectivity index is 1.49. The zero-order valence-corrected chi connectivity index (χ0v) is 17.2. The van der Waals surface area contributed by atoms with Gasteiger partial charge in [-0.05, 0) is 38.5 Å². The largest absolute Gasteiger partial charge is 0.444 e. The van der Waals surface area contributed by atoms with Gasteiger partial charge in [-0.3, -0.25) is 9.80 Å². The molecule has 2 aliphatic rings. The number of rotatable bonds is 3. The highest BCUT2D eigenvalue weighted by atomic mass is 35.5. The van der Waals surface area contributed by atoms with Crippen LogP contribution in [0.5, 0.6) is 0 Å². The number of nitrogens with zero attached hydrogens (tertiary/aromatic N) is 3. The van der Waals surface area contributed by atoms with Crippen LogP contribution in [-0.4, -0.2) is 82.9 Å². The molecule has 6 nitrogen and oxygen atoms in total. The maximum atomic E-state index is 12.3. The fraction of sp³-hybridized carbons (Fsp3) is 0.650. The molecule has 150 valence electrons. The van der Waals surface area contributed by atoms with Crippen molar-refractivity contribution >= 4 is 17.7 Å². The number of benzene rings is 1. The lowest BCUT2D eigenvalue weighted by Gasteiger charge is -2.38. The van der Waals surface area contributed by atoms with Gasteiger partial charge in [0, 0.05) is 44.3 Å². The van der Waals surface area contributed by atoms with E-state index in [0.717, 1.165) is 37.7 Å². The molecule has 1 unspecified atom stereocenters. The van der Waals surface area contributed by atoms with E-state index >= 15 is 0 Å². The highest BCUT2D eigenvalue weighted by molar-refractivity contribution is 6.30. The van der Waals surface area contributed by atoms with Gasteiger partial charge in [0.1, 0.15) is 5.60 Å². The maximum absolute atomic E-state index is 12.3. The highest BCUT2D eigenvalue weighted by Gasteiger charge is 2.40. The van der Waals surface area contributed by atoms with E-state index in [2.05, 4.69) is 21.9 Å². The first kappa shape index (κ1) is 20.4. The summed E-state index contributed by atoms with van der Waals surface area (Å²) in [4.78, 5) is 18.6. The first-order valence-electron chi connectivity index (χ1n) is 9.58. The Bertz CT molecular complexity index is 639. The number of piperazine rings is 1. The second kappa shape index (κ2) is 8.35. The SMILES string of the molecule is CC(C)(C)OC(=O)N1CC(N2CCN(Cc3ccc(Cl)cc3)CC2)[C@@H](O)C1. The number of hydrogen-bond donors (Lipinski definition) is 1. The van der Waals surface area contributed by atoms with E-state index in [4.69, 9.17) is 16.3 Å². The summed E-state index contributed by atoms with van der Waals surface area (Å²) in [6, 6.07) is 7.96. The van der Waals surface area contributed by atoms with Crippen molar-refractivity contribution in [3.63, 3.8) is 0 Å². The fourth-order valence-electron chi connectivity index (χ4n) is 3.70. The minimum absolute atomic E-state index is 0.0183. The van der Waals surface area contributed by atoms with Crippen LogP contribution in [0, 0.1) is 0 Å². The summed E-state index contributed by atoms with van der Waals surface area (Å²) in [6.07, 6.45) is -0.870. The minimum Gasteiger partial charge on any atom is -0.444 e. The average Bonchev–Trinajstić information content (AvgIpc) is 2.98. The molecule has 0 saturated carbocycles. The molecule has 2 heterocycles. The first-order valence-corrected chi connectivity index (χ1v) is 9.96. The van der Waals surface area contributed by atoms with Crippen molar-refractivity contribution in [3.05, 3.63) is 34.9 Å². The number of carbonyl (C=O) groups is 1. The number of aliphatic hydroxyl groups excluding tert-OH is 1. The molecule has 1 N–H and O–H groups in total. The van der Waals surface area contributed by atoms with Gasteiger partial charge in [0.15, 0.2) is 0 Å². The standard InChI is InChI=1S/C20H30ClN3O3/c1-20(2,3)27-19(26)24-13-17(18(25)14-24)23-10-8-22(9-11-23)12-15-4-6-16(21)7-5-15/h4-7,17-18,25H,8-14H2,1-3H3/t17?,18-/m0/s1. The average molecular weight is 396 g/mol. The Kier molecular flexibility index (Phi) is 6.31. The lowest BCUT2D eigenvalue weighted by molar-refractivity contribution is 0.0267. The van der Waals surface area contributed by atoms with Crippen LogP contribution in [-0.2, 0) is 11.3 Å². The van der Waals surface area contributed by atoms with Crippen LogP contribution < -0.4 is 0 Å². The molecule has 0 spiro atoms. The molecule has 0 aliphatic carbocycles. The lowest BCUT2D eigenvalue weighted by Crippen LogP contribution is -2.53. The van der Waals surface area contributed by atoms with Gasteiger partial charge in [-0.25, -0.2) is 4.79 Å². The summed E-state index contributed by atoms with van der Waals surface area (Å²) < 4.78 is 5.44. The van der Waals surface area contributed by atoms with Gasteiger partial charge >= 0.3 is 6.09 Å². The normalized spacial score (nSPS) is 25.0. The maximum Gasteiger partial charge on any atom is 0.410 e. The molecule has 1 aromatic rings. The third-order valence-electron chi connectivity index (χ3n) is 5.11. The van der Waals surface area contributed by atoms with Crippen molar-refractivity contribution in [1.82, 2.24) is 14.7 Å².